The number of rotatable bonds is 4. The third-order valence-corrected chi connectivity index (χ3v) is 5.03. The van der Waals surface area contributed by atoms with Crippen LogP contribution in [0, 0.1) is 5.92 Å². The quantitative estimate of drug-likeness (QED) is 0.743. The van der Waals surface area contributed by atoms with E-state index in [2.05, 4.69) is 5.32 Å². The summed E-state index contributed by atoms with van der Waals surface area (Å²) in [5.41, 5.74) is 5.26. The summed E-state index contributed by atoms with van der Waals surface area (Å²) in [5.74, 6) is 0.271. The fraction of sp³-hybridized carbons (Fsp3) is 0.833. The van der Waals surface area contributed by atoms with Gasteiger partial charge in [-0.1, -0.05) is 0 Å². The first-order chi connectivity index (χ1) is 8.66. The Morgan fingerprint density at radius 2 is 2.00 bits per heavy atom. The minimum Gasteiger partial charge on any atom is -0.369 e. The molecule has 2 fully saturated rings. The van der Waals surface area contributed by atoms with Crippen LogP contribution in [0.4, 0.5) is 0 Å². The minimum absolute atomic E-state index is 0.141. The molecule has 2 aliphatic rings. The highest BCUT2D eigenvalue weighted by atomic mass is 32.2. The summed E-state index contributed by atoms with van der Waals surface area (Å²) in [6.07, 6.45) is 3.00. The average Bonchev–Trinajstić information content (AvgIpc) is 2.87. The van der Waals surface area contributed by atoms with Gasteiger partial charge in [-0.2, -0.15) is 0 Å². The molecule has 2 amide bonds. The number of nitrogens with zero attached hydrogens (tertiary/aromatic N) is 1. The third-order valence-electron chi connectivity index (χ3n) is 3.67. The molecule has 18 heavy (non-hydrogen) atoms. The minimum atomic E-state index is -0.281. The summed E-state index contributed by atoms with van der Waals surface area (Å²) in [6, 6.07) is 0. The standard InChI is InChI=1S/C12H21N3O2S/c13-12(17)9-3-6-15(7-9)11(16)8-18-10-1-4-14-5-2-10/h9-10,14H,1-8H2,(H2,13,17). The molecule has 0 bridgehead atoms. The predicted molar refractivity (Wildman–Crippen MR) is 72.2 cm³/mol. The van der Waals surface area contributed by atoms with Crippen LogP contribution < -0.4 is 11.1 Å². The van der Waals surface area contributed by atoms with Gasteiger partial charge in [0.2, 0.25) is 11.8 Å². The Morgan fingerprint density at radius 3 is 2.61 bits per heavy atom. The lowest BCUT2D eigenvalue weighted by molar-refractivity contribution is -0.127. The molecule has 0 radical (unpaired) electrons. The van der Waals surface area contributed by atoms with Crippen molar-refractivity contribution in [3.63, 3.8) is 0 Å². The van der Waals surface area contributed by atoms with Crippen LogP contribution >= 0.6 is 11.8 Å². The van der Waals surface area contributed by atoms with Gasteiger partial charge in [-0.25, -0.2) is 0 Å². The molecule has 5 nitrogen and oxygen atoms in total. The maximum absolute atomic E-state index is 12.0. The Bertz CT molecular complexity index is 318. The molecule has 6 heteroatoms. The Hall–Kier alpha value is -0.750. The summed E-state index contributed by atoms with van der Waals surface area (Å²) in [7, 11) is 0. The molecule has 0 saturated carbocycles. The van der Waals surface area contributed by atoms with Gasteiger partial charge in [-0.05, 0) is 32.4 Å². The van der Waals surface area contributed by atoms with E-state index in [9.17, 15) is 9.59 Å². The number of nitrogens with two attached hydrogens (primary N) is 1. The molecule has 0 spiro atoms. The van der Waals surface area contributed by atoms with Gasteiger partial charge in [0.05, 0.1) is 11.7 Å². The topological polar surface area (TPSA) is 75.4 Å². The van der Waals surface area contributed by atoms with Crippen molar-refractivity contribution in [2.75, 3.05) is 31.9 Å². The lowest BCUT2D eigenvalue weighted by atomic mass is 10.1. The van der Waals surface area contributed by atoms with Crippen LogP contribution in [-0.2, 0) is 9.59 Å². The van der Waals surface area contributed by atoms with Gasteiger partial charge in [0, 0.05) is 18.3 Å². The summed E-state index contributed by atoms with van der Waals surface area (Å²) in [4.78, 5) is 24.8. The van der Waals surface area contributed by atoms with Gasteiger partial charge in [0.25, 0.3) is 0 Å². The number of carbonyl (C=O) groups is 2. The highest BCUT2D eigenvalue weighted by Gasteiger charge is 2.29. The Kier molecular flexibility index (Phi) is 4.88. The van der Waals surface area contributed by atoms with E-state index < -0.39 is 0 Å². The fourth-order valence-electron chi connectivity index (χ4n) is 2.46. The molecule has 2 rings (SSSR count). The zero-order chi connectivity index (χ0) is 13.0. The second kappa shape index (κ2) is 6.43. The number of carbonyl (C=O) groups excluding carboxylic acids is 2. The molecule has 0 aromatic rings. The van der Waals surface area contributed by atoms with E-state index in [0.717, 1.165) is 32.4 Å². The summed E-state index contributed by atoms with van der Waals surface area (Å²) < 4.78 is 0. The largest absolute Gasteiger partial charge is 0.369 e. The zero-order valence-corrected chi connectivity index (χ0v) is 11.4. The molecule has 3 N–H and O–H groups in total. The molecule has 2 saturated heterocycles. The van der Waals surface area contributed by atoms with E-state index in [-0.39, 0.29) is 17.7 Å². The second-order valence-electron chi connectivity index (χ2n) is 4.99. The molecule has 0 aliphatic carbocycles. The van der Waals surface area contributed by atoms with E-state index in [0.29, 0.717) is 24.1 Å². The van der Waals surface area contributed by atoms with E-state index >= 15 is 0 Å². The molecular weight excluding hydrogens is 250 g/mol. The SMILES string of the molecule is NC(=O)C1CCN(C(=O)CSC2CCNCC2)C1. The summed E-state index contributed by atoms with van der Waals surface area (Å²) >= 11 is 1.75. The van der Waals surface area contributed by atoms with Crippen LogP contribution in [0.3, 0.4) is 0 Å². The number of hydrogen-bond donors (Lipinski definition) is 2. The first-order valence-corrected chi connectivity index (χ1v) is 7.61. The van der Waals surface area contributed by atoms with Crippen LogP contribution in [0.2, 0.25) is 0 Å². The van der Waals surface area contributed by atoms with Gasteiger partial charge in [0.1, 0.15) is 0 Å². The van der Waals surface area contributed by atoms with Crippen LogP contribution in [0.1, 0.15) is 19.3 Å². The molecule has 0 aromatic carbocycles. The van der Waals surface area contributed by atoms with Crippen molar-refractivity contribution in [1.82, 2.24) is 10.2 Å². The van der Waals surface area contributed by atoms with Gasteiger partial charge in [-0.15, -0.1) is 11.8 Å². The number of amides is 2. The molecule has 2 aliphatic heterocycles. The Morgan fingerprint density at radius 1 is 1.28 bits per heavy atom. The second-order valence-corrected chi connectivity index (χ2v) is 6.28. The van der Waals surface area contributed by atoms with Crippen molar-refractivity contribution < 1.29 is 9.59 Å². The van der Waals surface area contributed by atoms with E-state index in [1.54, 1.807) is 16.7 Å². The highest BCUT2D eigenvalue weighted by Crippen LogP contribution is 2.22. The molecule has 1 atom stereocenters. The molecule has 2 heterocycles. The van der Waals surface area contributed by atoms with E-state index in [1.165, 1.54) is 0 Å². The number of thioether (sulfide) groups is 1. The van der Waals surface area contributed by atoms with Crippen molar-refractivity contribution in [2.24, 2.45) is 11.7 Å². The monoisotopic (exact) mass is 271 g/mol. The Labute approximate surface area is 112 Å². The van der Waals surface area contributed by atoms with Crippen molar-refractivity contribution in [3.05, 3.63) is 0 Å². The maximum Gasteiger partial charge on any atom is 0.232 e. The predicted octanol–water partition coefficient (Wildman–Crippen LogP) is -0.195. The smallest absolute Gasteiger partial charge is 0.232 e. The van der Waals surface area contributed by atoms with E-state index in [4.69, 9.17) is 5.73 Å². The number of nitrogens with one attached hydrogen (secondary N) is 1. The zero-order valence-electron chi connectivity index (χ0n) is 10.6. The summed E-state index contributed by atoms with van der Waals surface area (Å²) in [5, 5.41) is 3.92. The molecule has 102 valence electrons. The number of likely N-dealkylation sites (tertiary alicyclic amines) is 1. The first kappa shape index (κ1) is 13.7. The van der Waals surface area contributed by atoms with Crippen molar-refractivity contribution >= 4 is 23.6 Å². The van der Waals surface area contributed by atoms with Gasteiger partial charge in [0.15, 0.2) is 0 Å². The molecular formula is C12H21N3O2S. The van der Waals surface area contributed by atoms with E-state index in [1.807, 2.05) is 0 Å². The van der Waals surface area contributed by atoms with Crippen LogP contribution in [0.5, 0.6) is 0 Å². The lowest BCUT2D eigenvalue weighted by Crippen LogP contribution is -2.34. The van der Waals surface area contributed by atoms with Crippen LogP contribution in [0.15, 0.2) is 0 Å². The van der Waals surface area contributed by atoms with Crippen molar-refractivity contribution in [1.29, 1.82) is 0 Å². The normalized spacial score (nSPS) is 25.3. The number of primary amides is 1. The maximum atomic E-state index is 12.0. The van der Waals surface area contributed by atoms with Crippen LogP contribution in [-0.4, -0.2) is 53.9 Å². The number of hydrogen-bond acceptors (Lipinski definition) is 4. The van der Waals surface area contributed by atoms with Gasteiger partial charge >= 0.3 is 0 Å². The average molecular weight is 271 g/mol. The number of piperidine rings is 1. The molecule has 0 aromatic heterocycles. The van der Waals surface area contributed by atoms with Gasteiger partial charge in [-0.3, -0.25) is 9.59 Å². The Balaban J connectivity index is 1.70. The third kappa shape index (κ3) is 3.62. The summed E-state index contributed by atoms with van der Waals surface area (Å²) in [6.45, 7) is 3.30. The highest BCUT2D eigenvalue weighted by molar-refractivity contribution is 8.00. The van der Waals surface area contributed by atoms with Crippen molar-refractivity contribution in [3.8, 4) is 0 Å². The lowest BCUT2D eigenvalue weighted by Gasteiger charge is -2.23. The molecule has 1 unspecified atom stereocenters. The van der Waals surface area contributed by atoms with Crippen LogP contribution in [0.25, 0.3) is 0 Å². The first-order valence-electron chi connectivity index (χ1n) is 6.56. The van der Waals surface area contributed by atoms with Gasteiger partial charge < -0.3 is 16.0 Å². The fourth-order valence-corrected chi connectivity index (χ4v) is 3.59. The van der Waals surface area contributed by atoms with Crippen molar-refractivity contribution in [2.45, 2.75) is 24.5 Å².